The zero-order valence-corrected chi connectivity index (χ0v) is 16.2. The third-order valence-electron chi connectivity index (χ3n) is 3.47. The maximum atomic E-state index is 5.16. The molecule has 1 aromatic carbocycles. The summed E-state index contributed by atoms with van der Waals surface area (Å²) in [5.41, 5.74) is 5.84. The van der Waals surface area contributed by atoms with Gasteiger partial charge in [-0.2, -0.15) is 5.10 Å². The molecule has 24 heavy (non-hydrogen) atoms. The molecule has 1 heterocycles. The van der Waals surface area contributed by atoms with Crippen molar-refractivity contribution in [3.05, 3.63) is 29.8 Å². The van der Waals surface area contributed by atoms with E-state index >= 15 is 0 Å². The van der Waals surface area contributed by atoms with Crippen LogP contribution in [-0.2, 0) is 0 Å². The van der Waals surface area contributed by atoms with Gasteiger partial charge in [-0.1, -0.05) is 30.8 Å². The minimum atomic E-state index is 0.287. The molecule has 0 fully saturated rings. The summed E-state index contributed by atoms with van der Waals surface area (Å²) < 4.78 is 0. The van der Waals surface area contributed by atoms with Crippen molar-refractivity contribution in [1.82, 2.24) is 10.7 Å². The Labute approximate surface area is 153 Å². The molecule has 1 aromatic rings. The van der Waals surface area contributed by atoms with Crippen molar-refractivity contribution in [3.8, 4) is 0 Å². The zero-order valence-electron chi connectivity index (χ0n) is 14.6. The molecule has 0 bridgehead atoms. The molecule has 3 N–H and O–H groups in total. The van der Waals surface area contributed by atoms with Gasteiger partial charge in [0, 0.05) is 17.0 Å². The number of hydrazone groups is 1. The van der Waals surface area contributed by atoms with Crippen molar-refractivity contribution >= 4 is 45.7 Å². The van der Waals surface area contributed by atoms with E-state index in [1.165, 1.54) is 0 Å². The lowest BCUT2D eigenvalue weighted by atomic mass is 10.1. The van der Waals surface area contributed by atoms with Crippen LogP contribution in [0.1, 0.15) is 39.7 Å². The first-order chi connectivity index (χ1) is 11.5. The number of hydrogen-bond acceptors (Lipinski definition) is 5. The molecule has 1 atom stereocenters. The van der Waals surface area contributed by atoms with Crippen molar-refractivity contribution in [2.24, 2.45) is 10.1 Å². The Morgan fingerprint density at radius 3 is 2.67 bits per heavy atom. The Balaban J connectivity index is 1.90. The number of nitrogens with zero attached hydrogens (tertiary/aromatic N) is 2. The van der Waals surface area contributed by atoms with Crippen molar-refractivity contribution in [2.45, 2.75) is 45.4 Å². The van der Waals surface area contributed by atoms with Gasteiger partial charge < -0.3 is 10.6 Å². The SMILES string of the molecule is CC[C@H]1CN=C(Nc2ccc(/C(C)=N\NC(=S)NC(C)C)cc2)S1. The van der Waals surface area contributed by atoms with Crippen molar-refractivity contribution in [1.29, 1.82) is 0 Å². The lowest BCUT2D eigenvalue weighted by Crippen LogP contribution is -2.37. The second-order valence-corrected chi connectivity index (χ2v) is 7.63. The van der Waals surface area contributed by atoms with Gasteiger partial charge in [0.2, 0.25) is 0 Å². The van der Waals surface area contributed by atoms with E-state index < -0.39 is 0 Å². The van der Waals surface area contributed by atoms with Gasteiger partial charge in [0.05, 0.1) is 12.3 Å². The highest BCUT2D eigenvalue weighted by molar-refractivity contribution is 8.15. The molecule has 1 aliphatic rings. The van der Waals surface area contributed by atoms with E-state index in [4.69, 9.17) is 12.2 Å². The first kappa shape index (κ1) is 18.7. The van der Waals surface area contributed by atoms with Gasteiger partial charge in [0.1, 0.15) is 0 Å². The van der Waals surface area contributed by atoms with E-state index in [9.17, 15) is 0 Å². The third kappa shape index (κ3) is 5.79. The van der Waals surface area contributed by atoms with Gasteiger partial charge in [-0.25, -0.2) is 0 Å². The summed E-state index contributed by atoms with van der Waals surface area (Å²) in [6.45, 7) is 9.13. The number of rotatable bonds is 5. The van der Waals surface area contributed by atoms with Gasteiger partial charge in [-0.05, 0) is 57.1 Å². The van der Waals surface area contributed by atoms with Gasteiger partial charge in [-0.3, -0.25) is 10.4 Å². The number of aliphatic imine (C=N–C) groups is 1. The van der Waals surface area contributed by atoms with Gasteiger partial charge in [0.15, 0.2) is 10.3 Å². The van der Waals surface area contributed by atoms with Crippen LogP contribution in [0, 0.1) is 0 Å². The van der Waals surface area contributed by atoms with Crippen LogP contribution in [0.5, 0.6) is 0 Å². The topological polar surface area (TPSA) is 60.8 Å². The summed E-state index contributed by atoms with van der Waals surface area (Å²) in [5, 5.41) is 12.9. The van der Waals surface area contributed by atoms with Crippen LogP contribution in [0.3, 0.4) is 0 Å². The number of benzene rings is 1. The molecule has 2 rings (SSSR count). The smallest absolute Gasteiger partial charge is 0.187 e. The molecule has 0 saturated heterocycles. The average Bonchev–Trinajstić information content (AvgIpc) is 3.00. The number of amidine groups is 1. The Morgan fingerprint density at radius 1 is 1.38 bits per heavy atom. The summed E-state index contributed by atoms with van der Waals surface area (Å²) in [6.07, 6.45) is 1.15. The van der Waals surface area contributed by atoms with Crippen LogP contribution in [0.2, 0.25) is 0 Å². The molecule has 0 saturated carbocycles. The van der Waals surface area contributed by atoms with E-state index in [1.54, 1.807) is 0 Å². The van der Waals surface area contributed by atoms with E-state index in [-0.39, 0.29) is 6.04 Å². The number of anilines is 1. The number of thioether (sulfide) groups is 1. The number of hydrogen-bond donors (Lipinski definition) is 3. The molecule has 0 spiro atoms. The summed E-state index contributed by atoms with van der Waals surface area (Å²) in [6, 6.07) is 8.45. The second-order valence-electron chi connectivity index (χ2n) is 5.93. The van der Waals surface area contributed by atoms with Crippen molar-refractivity contribution in [3.63, 3.8) is 0 Å². The Morgan fingerprint density at radius 2 is 2.08 bits per heavy atom. The predicted octanol–water partition coefficient (Wildman–Crippen LogP) is 3.58. The zero-order chi connectivity index (χ0) is 17.5. The molecule has 0 aliphatic carbocycles. The van der Waals surface area contributed by atoms with Crippen LogP contribution < -0.4 is 16.1 Å². The molecular weight excluding hydrogens is 338 g/mol. The van der Waals surface area contributed by atoms with E-state index in [0.29, 0.717) is 10.4 Å². The molecule has 0 aromatic heterocycles. The predicted molar refractivity (Wildman–Crippen MR) is 110 cm³/mol. The normalized spacial score (nSPS) is 17.6. The Hall–Kier alpha value is -1.60. The second kappa shape index (κ2) is 9.03. The molecule has 0 amide bonds. The average molecular weight is 364 g/mol. The molecule has 0 radical (unpaired) electrons. The van der Waals surface area contributed by atoms with E-state index in [1.807, 2.05) is 56.8 Å². The fraction of sp³-hybridized carbons (Fsp3) is 0.471. The summed E-state index contributed by atoms with van der Waals surface area (Å²) >= 11 is 6.98. The molecule has 7 heteroatoms. The first-order valence-electron chi connectivity index (χ1n) is 8.17. The highest BCUT2D eigenvalue weighted by atomic mass is 32.2. The fourth-order valence-corrected chi connectivity index (χ4v) is 3.35. The molecule has 130 valence electrons. The van der Waals surface area contributed by atoms with Gasteiger partial charge in [0.25, 0.3) is 0 Å². The lowest BCUT2D eigenvalue weighted by molar-refractivity contribution is 0.719. The highest BCUT2D eigenvalue weighted by Crippen LogP contribution is 2.24. The largest absolute Gasteiger partial charge is 0.359 e. The van der Waals surface area contributed by atoms with Crippen LogP contribution in [0.25, 0.3) is 0 Å². The quantitative estimate of drug-likeness (QED) is 0.424. The summed E-state index contributed by atoms with van der Waals surface area (Å²) in [5.74, 6) is 0. The lowest BCUT2D eigenvalue weighted by Gasteiger charge is -2.11. The first-order valence-corrected chi connectivity index (χ1v) is 9.46. The molecule has 5 nitrogen and oxygen atoms in total. The Kier molecular flexibility index (Phi) is 7.05. The third-order valence-corrected chi connectivity index (χ3v) is 4.95. The maximum Gasteiger partial charge on any atom is 0.187 e. The van der Waals surface area contributed by atoms with E-state index in [0.717, 1.165) is 35.1 Å². The van der Waals surface area contributed by atoms with Crippen LogP contribution in [0.4, 0.5) is 5.69 Å². The minimum Gasteiger partial charge on any atom is -0.359 e. The number of thiocarbonyl (C=S) groups is 1. The van der Waals surface area contributed by atoms with Gasteiger partial charge in [-0.15, -0.1) is 0 Å². The molecule has 0 unspecified atom stereocenters. The fourth-order valence-electron chi connectivity index (χ4n) is 2.11. The molecular formula is C17H25N5S2. The number of nitrogens with one attached hydrogen (secondary N) is 3. The van der Waals surface area contributed by atoms with E-state index in [2.05, 4.69) is 33.1 Å². The summed E-state index contributed by atoms with van der Waals surface area (Å²) in [7, 11) is 0. The van der Waals surface area contributed by atoms with Crippen LogP contribution in [0.15, 0.2) is 34.4 Å². The van der Waals surface area contributed by atoms with Gasteiger partial charge >= 0.3 is 0 Å². The molecule has 1 aliphatic heterocycles. The monoisotopic (exact) mass is 363 g/mol. The Bertz CT molecular complexity index is 622. The summed E-state index contributed by atoms with van der Waals surface area (Å²) in [4.78, 5) is 4.53. The maximum absolute atomic E-state index is 5.16. The van der Waals surface area contributed by atoms with Crippen LogP contribution in [-0.4, -0.2) is 33.8 Å². The van der Waals surface area contributed by atoms with Crippen LogP contribution >= 0.6 is 24.0 Å². The standard InChI is InChI=1S/C17H25N5S2/c1-5-15-10-18-17(24-15)20-14-8-6-13(7-9-14)12(4)21-22-16(23)19-11(2)3/h6-9,11,15H,5,10H2,1-4H3,(H,18,20)(H2,19,22,23)/b21-12-/t15-/m0/s1. The highest BCUT2D eigenvalue weighted by Gasteiger charge is 2.17. The minimum absolute atomic E-state index is 0.287. The van der Waals surface area contributed by atoms with Crippen molar-refractivity contribution in [2.75, 3.05) is 11.9 Å². The van der Waals surface area contributed by atoms with Crippen molar-refractivity contribution < 1.29 is 0 Å².